The van der Waals surface area contributed by atoms with Crippen molar-refractivity contribution in [2.45, 2.75) is 36.0 Å². The highest BCUT2D eigenvalue weighted by molar-refractivity contribution is 7.99. The Morgan fingerprint density at radius 3 is 2.00 bits per heavy atom. The topological polar surface area (TPSA) is 38.7 Å². The molecule has 3 aromatic rings. The van der Waals surface area contributed by atoms with Gasteiger partial charge < -0.3 is 0 Å². The normalized spacial score (nSPS) is 12.2. The van der Waals surface area contributed by atoms with Crippen LogP contribution in [0, 0.1) is 0 Å². The first-order chi connectivity index (χ1) is 12.6. The Balaban J connectivity index is 2.08. The van der Waals surface area contributed by atoms with E-state index in [9.17, 15) is 13.2 Å². The molecule has 27 heavy (non-hydrogen) atoms. The van der Waals surface area contributed by atoms with Crippen molar-refractivity contribution < 1.29 is 13.2 Å². The second kappa shape index (κ2) is 7.62. The summed E-state index contributed by atoms with van der Waals surface area (Å²) < 4.78 is 38.4. The largest absolute Gasteiger partial charge is 0.417 e. The molecule has 1 aromatic carbocycles. The Bertz CT molecular complexity index is 1030. The van der Waals surface area contributed by atoms with E-state index in [2.05, 4.69) is 15.0 Å². The number of benzene rings is 1. The Kier molecular flexibility index (Phi) is 5.77. The molecule has 0 aliphatic carbocycles. The van der Waals surface area contributed by atoms with Crippen LogP contribution in [0.4, 0.5) is 13.2 Å². The average Bonchev–Trinajstić information content (AvgIpc) is 2.56. The highest BCUT2D eigenvalue weighted by Gasteiger charge is 2.31. The van der Waals surface area contributed by atoms with Gasteiger partial charge in [-0.15, -0.1) is 0 Å². The van der Waals surface area contributed by atoms with Crippen LogP contribution in [-0.2, 0) is 6.18 Å². The SMILES string of the molecule is CC(C)c1nc2cc(Cl)c(Cl)cc2nc1Sc1ncc(C(F)(F)F)cc1Cl. The molecule has 0 saturated heterocycles. The van der Waals surface area contributed by atoms with Gasteiger partial charge in [0.05, 0.1) is 37.4 Å². The molecule has 0 saturated carbocycles. The molecule has 0 aliphatic rings. The van der Waals surface area contributed by atoms with Gasteiger partial charge in [-0.25, -0.2) is 15.0 Å². The molecule has 0 atom stereocenters. The standard InChI is InChI=1S/C17H11Cl3F3N3S/c1-7(2)14-16(26-13-5-10(19)9(18)4-12(13)25-14)27-15-11(20)3-8(6-24-15)17(21,22)23/h3-7H,1-2H3. The summed E-state index contributed by atoms with van der Waals surface area (Å²) in [5.74, 6) is 0.00655. The first kappa shape index (κ1) is 20.5. The smallest absolute Gasteiger partial charge is 0.248 e. The summed E-state index contributed by atoms with van der Waals surface area (Å²) in [6.45, 7) is 3.86. The van der Waals surface area contributed by atoms with Gasteiger partial charge in [-0.05, 0) is 35.9 Å². The van der Waals surface area contributed by atoms with Crippen LogP contribution in [0.15, 0.2) is 34.4 Å². The Labute approximate surface area is 172 Å². The Morgan fingerprint density at radius 1 is 0.889 bits per heavy atom. The molecule has 0 radical (unpaired) electrons. The molecule has 0 spiro atoms. The van der Waals surface area contributed by atoms with Gasteiger partial charge in [0.25, 0.3) is 0 Å². The van der Waals surface area contributed by atoms with Crippen molar-refractivity contribution in [2.75, 3.05) is 0 Å². The summed E-state index contributed by atoms with van der Waals surface area (Å²) in [5, 5.41) is 1.28. The first-order valence-electron chi connectivity index (χ1n) is 7.63. The number of nitrogens with zero attached hydrogens (tertiary/aromatic N) is 3. The van der Waals surface area contributed by atoms with Crippen molar-refractivity contribution in [3.8, 4) is 0 Å². The van der Waals surface area contributed by atoms with E-state index in [-0.39, 0.29) is 16.0 Å². The number of fused-ring (bicyclic) bond motifs is 1. The molecule has 0 N–H and O–H groups in total. The van der Waals surface area contributed by atoms with Gasteiger partial charge in [0.2, 0.25) is 0 Å². The maximum absolute atomic E-state index is 12.8. The van der Waals surface area contributed by atoms with Crippen LogP contribution in [0.5, 0.6) is 0 Å². The molecule has 142 valence electrons. The van der Waals surface area contributed by atoms with E-state index in [1.54, 1.807) is 12.1 Å². The fraction of sp³-hybridized carbons (Fsp3) is 0.235. The minimum absolute atomic E-state index is 0.00655. The molecule has 0 unspecified atom stereocenters. The molecular formula is C17H11Cl3F3N3S. The average molecular weight is 453 g/mol. The molecule has 2 heterocycles. The monoisotopic (exact) mass is 451 g/mol. The highest BCUT2D eigenvalue weighted by Crippen LogP contribution is 2.38. The van der Waals surface area contributed by atoms with E-state index in [1.807, 2.05) is 13.8 Å². The molecule has 2 aromatic heterocycles. The van der Waals surface area contributed by atoms with Gasteiger partial charge in [0.15, 0.2) is 0 Å². The summed E-state index contributed by atoms with van der Waals surface area (Å²) in [6, 6.07) is 4.05. The summed E-state index contributed by atoms with van der Waals surface area (Å²) in [5.41, 5.74) is 0.832. The van der Waals surface area contributed by atoms with Gasteiger partial charge in [0.1, 0.15) is 10.1 Å². The number of pyridine rings is 1. The summed E-state index contributed by atoms with van der Waals surface area (Å²) in [4.78, 5) is 13.0. The van der Waals surface area contributed by atoms with Gasteiger partial charge in [-0.1, -0.05) is 48.7 Å². The maximum Gasteiger partial charge on any atom is 0.417 e. The van der Waals surface area contributed by atoms with E-state index < -0.39 is 11.7 Å². The number of hydrogen-bond acceptors (Lipinski definition) is 4. The highest BCUT2D eigenvalue weighted by atomic mass is 35.5. The number of aromatic nitrogens is 3. The fourth-order valence-corrected chi connectivity index (χ4v) is 3.82. The zero-order valence-electron chi connectivity index (χ0n) is 13.9. The van der Waals surface area contributed by atoms with Crippen molar-refractivity contribution in [1.29, 1.82) is 0 Å². The fourth-order valence-electron chi connectivity index (χ4n) is 2.25. The van der Waals surface area contributed by atoms with Gasteiger partial charge in [-0.2, -0.15) is 13.2 Å². The van der Waals surface area contributed by atoms with Gasteiger partial charge in [0, 0.05) is 6.20 Å². The lowest BCUT2D eigenvalue weighted by Crippen LogP contribution is -2.06. The van der Waals surface area contributed by atoms with E-state index >= 15 is 0 Å². The minimum atomic E-state index is -4.51. The molecule has 10 heteroatoms. The molecule has 0 aliphatic heterocycles. The minimum Gasteiger partial charge on any atom is -0.248 e. The van der Waals surface area contributed by atoms with E-state index in [0.717, 1.165) is 24.0 Å². The first-order valence-corrected chi connectivity index (χ1v) is 9.58. The lowest BCUT2D eigenvalue weighted by Gasteiger charge is -2.13. The Morgan fingerprint density at radius 2 is 1.48 bits per heavy atom. The number of hydrogen-bond donors (Lipinski definition) is 0. The molecule has 0 amide bonds. The third-order valence-electron chi connectivity index (χ3n) is 3.57. The van der Waals surface area contributed by atoms with Crippen LogP contribution in [-0.4, -0.2) is 15.0 Å². The third-order valence-corrected chi connectivity index (χ3v) is 5.71. The van der Waals surface area contributed by atoms with Crippen molar-refractivity contribution in [1.82, 2.24) is 15.0 Å². The summed E-state index contributed by atoms with van der Waals surface area (Å²) in [6.07, 6.45) is -3.77. The second-order valence-corrected chi connectivity index (χ2v) is 8.13. The van der Waals surface area contributed by atoms with Crippen molar-refractivity contribution in [2.24, 2.45) is 0 Å². The van der Waals surface area contributed by atoms with Crippen molar-refractivity contribution in [3.05, 3.63) is 50.7 Å². The van der Waals surface area contributed by atoms with Gasteiger partial charge in [-0.3, -0.25) is 0 Å². The number of rotatable bonds is 3. The van der Waals surface area contributed by atoms with Crippen LogP contribution < -0.4 is 0 Å². The molecule has 3 nitrogen and oxygen atoms in total. The predicted octanol–water partition coefficient (Wildman–Crippen LogP) is 7.28. The number of alkyl halides is 3. The van der Waals surface area contributed by atoms with Crippen LogP contribution in [0.1, 0.15) is 31.0 Å². The van der Waals surface area contributed by atoms with Crippen LogP contribution in [0.2, 0.25) is 15.1 Å². The Hall–Kier alpha value is -1.28. The zero-order valence-corrected chi connectivity index (χ0v) is 17.0. The summed E-state index contributed by atoms with van der Waals surface area (Å²) >= 11 is 19.1. The van der Waals surface area contributed by atoms with E-state index in [4.69, 9.17) is 34.8 Å². The van der Waals surface area contributed by atoms with E-state index in [1.165, 1.54) is 0 Å². The summed E-state index contributed by atoms with van der Waals surface area (Å²) in [7, 11) is 0. The van der Waals surface area contributed by atoms with Crippen molar-refractivity contribution in [3.63, 3.8) is 0 Å². The molecule has 0 bridgehead atoms. The lowest BCUT2D eigenvalue weighted by molar-refractivity contribution is -0.137. The quantitative estimate of drug-likeness (QED) is 0.418. The van der Waals surface area contributed by atoms with Crippen LogP contribution in [0.3, 0.4) is 0 Å². The molecular weight excluding hydrogens is 442 g/mol. The van der Waals surface area contributed by atoms with Gasteiger partial charge >= 0.3 is 6.18 Å². The zero-order chi connectivity index (χ0) is 19.9. The predicted molar refractivity (Wildman–Crippen MR) is 102 cm³/mol. The van der Waals surface area contributed by atoms with Crippen molar-refractivity contribution >= 4 is 57.6 Å². The molecule has 0 fully saturated rings. The lowest BCUT2D eigenvalue weighted by atomic mass is 10.1. The third kappa shape index (κ3) is 4.42. The van der Waals surface area contributed by atoms with E-state index in [0.29, 0.717) is 31.8 Å². The number of halogens is 6. The second-order valence-electron chi connectivity index (χ2n) is 5.93. The van der Waals surface area contributed by atoms with Crippen LogP contribution >= 0.6 is 46.6 Å². The van der Waals surface area contributed by atoms with Crippen LogP contribution in [0.25, 0.3) is 11.0 Å². The maximum atomic E-state index is 12.8. The molecule has 3 rings (SSSR count).